The van der Waals surface area contributed by atoms with E-state index in [1.807, 2.05) is 71.1 Å². The lowest BCUT2D eigenvalue weighted by Crippen LogP contribution is -2.46. The Morgan fingerprint density at radius 3 is 2.60 bits per heavy atom. The first-order chi connectivity index (χ1) is 16.6. The predicted octanol–water partition coefficient (Wildman–Crippen LogP) is 4.86. The number of halogens is 1. The summed E-state index contributed by atoms with van der Waals surface area (Å²) >= 11 is 0. The smallest absolute Gasteiger partial charge is 0.319 e. The molecule has 1 fully saturated rings. The number of fused-ring (bicyclic) bond motifs is 1. The molecular formula is C25H30ClN7O2. The van der Waals surface area contributed by atoms with E-state index in [1.165, 1.54) is 0 Å². The third kappa shape index (κ3) is 4.81. The number of carbonyl (C=O) groups excluding carboxylic acids is 1. The Labute approximate surface area is 210 Å². The molecule has 2 N–H and O–H groups in total. The molecule has 0 aliphatic carbocycles. The molecule has 35 heavy (non-hydrogen) atoms. The fourth-order valence-electron chi connectivity index (χ4n) is 4.49. The van der Waals surface area contributed by atoms with Gasteiger partial charge in [-0.1, -0.05) is 12.1 Å². The number of nitrogen functional groups attached to an aromatic ring is 1. The Kier molecular flexibility index (Phi) is 7.25. The molecule has 0 spiro atoms. The van der Waals surface area contributed by atoms with Gasteiger partial charge in [0.1, 0.15) is 11.3 Å². The Hall–Kier alpha value is -3.59. The van der Waals surface area contributed by atoms with Crippen LogP contribution in [0.5, 0.6) is 0 Å². The number of piperidine rings is 1. The molecule has 0 radical (unpaired) electrons. The number of aromatic nitrogens is 4. The van der Waals surface area contributed by atoms with Crippen molar-refractivity contribution in [2.45, 2.75) is 32.7 Å². The molecule has 5 rings (SSSR count). The summed E-state index contributed by atoms with van der Waals surface area (Å²) in [5.74, 6) is 0.818. The number of carbonyl (C=O) groups is 1. The summed E-state index contributed by atoms with van der Waals surface area (Å²) in [6, 6.07) is 9.95. The lowest BCUT2D eigenvalue weighted by Gasteiger charge is -2.35. The Balaban J connectivity index is 0.00000289. The van der Waals surface area contributed by atoms with Gasteiger partial charge in [0.25, 0.3) is 0 Å². The van der Waals surface area contributed by atoms with Gasteiger partial charge in [0.15, 0.2) is 5.58 Å². The zero-order valence-corrected chi connectivity index (χ0v) is 20.7. The van der Waals surface area contributed by atoms with E-state index in [1.54, 1.807) is 6.20 Å². The number of para-hydroxylation sites is 2. The molecule has 1 aromatic carbocycles. The molecule has 1 saturated heterocycles. The van der Waals surface area contributed by atoms with Crippen LogP contribution >= 0.6 is 12.4 Å². The molecule has 0 bridgehead atoms. The number of oxazole rings is 1. The van der Waals surface area contributed by atoms with Gasteiger partial charge in [0, 0.05) is 49.7 Å². The van der Waals surface area contributed by atoms with Crippen molar-refractivity contribution in [3.05, 3.63) is 48.9 Å². The van der Waals surface area contributed by atoms with Gasteiger partial charge in [-0.2, -0.15) is 5.10 Å². The minimum Gasteiger partial charge on any atom is -0.436 e. The number of likely N-dealkylation sites (tertiary alicyclic amines) is 1. The van der Waals surface area contributed by atoms with Crippen molar-refractivity contribution in [3.63, 3.8) is 0 Å². The zero-order valence-electron chi connectivity index (χ0n) is 19.9. The van der Waals surface area contributed by atoms with E-state index in [0.717, 1.165) is 55.7 Å². The van der Waals surface area contributed by atoms with Gasteiger partial charge in [-0.3, -0.25) is 4.68 Å². The monoisotopic (exact) mass is 495 g/mol. The van der Waals surface area contributed by atoms with Crippen LogP contribution in [0, 0.1) is 0 Å². The average Bonchev–Trinajstić information content (AvgIpc) is 3.53. The number of urea groups is 1. The Morgan fingerprint density at radius 2 is 1.89 bits per heavy atom. The standard InChI is InChI=1S/C25H29N7O2.ClH/c1-3-30(4-2)25(33)31-11-9-19(10-12-31)32-16-18(15-28-32)17-13-20(23(26)27-14-17)24-29-21-7-5-6-8-22(21)34-24;/h5-8,13-16,19H,3-4,9-12H2,1-2H3,(H2,26,27);1H. The van der Waals surface area contributed by atoms with Gasteiger partial charge in [0.2, 0.25) is 5.89 Å². The molecule has 3 aromatic heterocycles. The number of nitrogens with two attached hydrogens (primary N) is 1. The molecular weight excluding hydrogens is 466 g/mol. The maximum absolute atomic E-state index is 12.6. The van der Waals surface area contributed by atoms with Gasteiger partial charge < -0.3 is 20.0 Å². The average molecular weight is 496 g/mol. The van der Waals surface area contributed by atoms with Gasteiger partial charge >= 0.3 is 6.03 Å². The highest BCUT2D eigenvalue weighted by Crippen LogP contribution is 2.32. The first-order valence-electron chi connectivity index (χ1n) is 11.8. The predicted molar refractivity (Wildman–Crippen MR) is 138 cm³/mol. The first kappa shape index (κ1) is 24.5. The number of rotatable bonds is 5. The lowest BCUT2D eigenvalue weighted by atomic mass is 10.1. The number of benzene rings is 1. The molecule has 4 heterocycles. The number of pyridine rings is 1. The summed E-state index contributed by atoms with van der Waals surface area (Å²) in [7, 11) is 0. The second kappa shape index (κ2) is 10.4. The topological polar surface area (TPSA) is 106 Å². The molecule has 4 aromatic rings. The van der Waals surface area contributed by atoms with Gasteiger partial charge in [-0.15, -0.1) is 12.4 Å². The normalized spacial score (nSPS) is 14.2. The van der Waals surface area contributed by atoms with E-state index < -0.39 is 0 Å². The van der Waals surface area contributed by atoms with Crippen molar-refractivity contribution in [3.8, 4) is 22.6 Å². The van der Waals surface area contributed by atoms with Crippen LogP contribution in [0.15, 0.2) is 53.3 Å². The molecule has 184 valence electrons. The van der Waals surface area contributed by atoms with Gasteiger partial charge in [-0.25, -0.2) is 14.8 Å². The molecule has 9 nitrogen and oxygen atoms in total. The Morgan fingerprint density at radius 1 is 1.14 bits per heavy atom. The van der Waals surface area contributed by atoms with E-state index in [-0.39, 0.29) is 24.5 Å². The van der Waals surface area contributed by atoms with Gasteiger partial charge in [-0.05, 0) is 44.9 Å². The summed E-state index contributed by atoms with van der Waals surface area (Å²) in [5.41, 5.74) is 10.1. The van der Waals surface area contributed by atoms with Crippen LogP contribution in [0.1, 0.15) is 32.7 Å². The molecule has 0 unspecified atom stereocenters. The third-order valence-electron chi connectivity index (χ3n) is 6.52. The van der Waals surface area contributed by atoms with Crippen LogP contribution in [-0.2, 0) is 0 Å². The second-order valence-electron chi connectivity index (χ2n) is 8.53. The third-order valence-corrected chi connectivity index (χ3v) is 6.52. The number of amides is 2. The van der Waals surface area contributed by atoms with Crippen molar-refractivity contribution < 1.29 is 9.21 Å². The summed E-state index contributed by atoms with van der Waals surface area (Å²) in [5, 5.41) is 4.62. The van der Waals surface area contributed by atoms with Crippen molar-refractivity contribution in [1.82, 2.24) is 29.5 Å². The molecule has 2 amide bonds. The molecule has 0 atom stereocenters. The SMILES string of the molecule is CCN(CC)C(=O)N1CCC(n2cc(-c3cnc(N)c(-c4nc5ccccc5o4)c3)cn2)CC1.Cl. The highest BCUT2D eigenvalue weighted by molar-refractivity contribution is 5.85. The molecule has 1 aliphatic heterocycles. The van der Waals surface area contributed by atoms with E-state index in [2.05, 4.69) is 15.1 Å². The van der Waals surface area contributed by atoms with Crippen molar-refractivity contribution in [2.75, 3.05) is 31.9 Å². The fraction of sp³-hybridized carbons (Fsp3) is 0.360. The lowest BCUT2D eigenvalue weighted by molar-refractivity contribution is 0.135. The van der Waals surface area contributed by atoms with E-state index >= 15 is 0 Å². The summed E-state index contributed by atoms with van der Waals surface area (Å²) < 4.78 is 7.90. The minimum atomic E-state index is 0. The van der Waals surface area contributed by atoms with Crippen molar-refractivity contribution >= 4 is 35.4 Å². The molecule has 1 aliphatic rings. The van der Waals surface area contributed by atoms with Gasteiger partial charge in [0.05, 0.1) is 17.8 Å². The Bertz CT molecular complexity index is 1270. The molecule has 10 heteroatoms. The summed E-state index contributed by atoms with van der Waals surface area (Å²) in [6.45, 7) is 6.97. The zero-order chi connectivity index (χ0) is 23.7. The largest absolute Gasteiger partial charge is 0.436 e. The van der Waals surface area contributed by atoms with Crippen LogP contribution in [0.25, 0.3) is 33.7 Å². The molecule has 0 saturated carbocycles. The van der Waals surface area contributed by atoms with Crippen LogP contribution < -0.4 is 5.73 Å². The van der Waals surface area contributed by atoms with E-state index in [0.29, 0.717) is 22.9 Å². The fourth-order valence-corrected chi connectivity index (χ4v) is 4.49. The van der Waals surface area contributed by atoms with Crippen LogP contribution in [0.3, 0.4) is 0 Å². The van der Waals surface area contributed by atoms with Crippen molar-refractivity contribution in [2.24, 2.45) is 0 Å². The van der Waals surface area contributed by atoms with Crippen LogP contribution in [0.4, 0.5) is 10.6 Å². The van der Waals surface area contributed by atoms with Crippen LogP contribution in [-0.4, -0.2) is 61.8 Å². The highest BCUT2D eigenvalue weighted by Gasteiger charge is 2.26. The minimum absolute atomic E-state index is 0. The van der Waals surface area contributed by atoms with Crippen LogP contribution in [0.2, 0.25) is 0 Å². The highest BCUT2D eigenvalue weighted by atomic mass is 35.5. The maximum atomic E-state index is 12.6. The number of anilines is 1. The number of hydrogen-bond donors (Lipinski definition) is 1. The first-order valence-corrected chi connectivity index (χ1v) is 11.8. The summed E-state index contributed by atoms with van der Waals surface area (Å²) in [6.07, 6.45) is 7.38. The number of hydrogen-bond acceptors (Lipinski definition) is 6. The van der Waals surface area contributed by atoms with E-state index in [4.69, 9.17) is 10.2 Å². The van der Waals surface area contributed by atoms with E-state index in [9.17, 15) is 4.79 Å². The summed E-state index contributed by atoms with van der Waals surface area (Å²) in [4.78, 5) is 25.4. The number of nitrogens with zero attached hydrogens (tertiary/aromatic N) is 6. The second-order valence-corrected chi connectivity index (χ2v) is 8.53. The maximum Gasteiger partial charge on any atom is 0.319 e. The van der Waals surface area contributed by atoms with Crippen molar-refractivity contribution in [1.29, 1.82) is 0 Å². The quantitative estimate of drug-likeness (QED) is 0.424.